The Morgan fingerprint density at radius 1 is 1.28 bits per heavy atom. The quantitative estimate of drug-likeness (QED) is 0.533. The lowest BCUT2D eigenvalue weighted by Crippen LogP contribution is -2.21. The van der Waals surface area contributed by atoms with Crippen LogP contribution in [0.15, 0.2) is 43.2 Å². The Morgan fingerprint density at radius 2 is 1.91 bits per heavy atom. The number of nitriles is 1. The smallest absolute Gasteiger partial charge is 0.132 e. The molecule has 4 rings (SSSR count). The average molecular weight is 435 g/mol. The molecule has 0 bridgehead atoms. The molecule has 166 valence electrons. The van der Waals surface area contributed by atoms with Crippen molar-refractivity contribution in [3.05, 3.63) is 54.4 Å². The molecule has 2 heterocycles. The zero-order chi connectivity index (χ0) is 23.2. The highest BCUT2D eigenvalue weighted by Crippen LogP contribution is 2.43. The predicted octanol–water partition coefficient (Wildman–Crippen LogP) is 4.83. The van der Waals surface area contributed by atoms with Crippen LogP contribution in [-0.4, -0.2) is 48.0 Å². The van der Waals surface area contributed by atoms with E-state index in [1.165, 1.54) is 0 Å². The minimum Gasteiger partial charge on any atom is -0.496 e. The van der Waals surface area contributed by atoms with E-state index in [1.54, 1.807) is 24.9 Å². The number of ether oxygens (including phenoxy) is 2. The van der Waals surface area contributed by atoms with Crippen molar-refractivity contribution in [1.82, 2.24) is 14.5 Å². The third kappa shape index (κ3) is 3.56. The summed E-state index contributed by atoms with van der Waals surface area (Å²) in [5, 5.41) is 13.9. The van der Waals surface area contributed by atoms with Crippen molar-refractivity contribution in [2.45, 2.75) is 37.9 Å². The molecule has 7 heteroatoms. The molecule has 0 aliphatic heterocycles. The van der Waals surface area contributed by atoms with E-state index < -0.39 is 11.6 Å². The minimum absolute atomic E-state index is 0.164. The van der Waals surface area contributed by atoms with Crippen LogP contribution in [0.3, 0.4) is 0 Å². The van der Waals surface area contributed by atoms with Gasteiger partial charge in [0.05, 0.1) is 49.0 Å². The third-order valence-corrected chi connectivity index (χ3v) is 6.23. The molecular weight excluding hydrogens is 407 g/mol. The van der Waals surface area contributed by atoms with E-state index >= 15 is 0 Å². The maximum atomic E-state index is 13.6. The molecule has 6 nitrogen and oxygen atoms in total. The molecule has 2 atom stereocenters. The first-order valence-corrected chi connectivity index (χ1v) is 10.4. The van der Waals surface area contributed by atoms with Crippen LogP contribution in [0, 0.1) is 11.3 Å². The molecule has 0 N–H and O–H groups in total. The fourth-order valence-electron chi connectivity index (χ4n) is 3.92. The van der Waals surface area contributed by atoms with E-state index in [0.717, 1.165) is 22.2 Å². The summed E-state index contributed by atoms with van der Waals surface area (Å²) < 4.78 is 26.8. The van der Waals surface area contributed by atoms with Crippen LogP contribution in [0.5, 0.6) is 11.5 Å². The largest absolute Gasteiger partial charge is 0.496 e. The standard InChI is InChI=1S/C25H27FN4O2/c1-15(29(4)21-11-19(21)26)24-22(31-5)9-16(10-23(24)32-6)18-12-28-30-13-17(7-8-20(18)30)25(2,3)14-27/h7-10,12-13,19,21H,1,11H2,2-6H3. The Bertz CT molecular complexity index is 1220. The van der Waals surface area contributed by atoms with E-state index in [9.17, 15) is 9.65 Å². The number of aromatic nitrogens is 2. The van der Waals surface area contributed by atoms with E-state index in [0.29, 0.717) is 29.2 Å². The maximum Gasteiger partial charge on any atom is 0.132 e. The van der Waals surface area contributed by atoms with Crippen molar-refractivity contribution in [2.75, 3.05) is 21.3 Å². The highest BCUT2D eigenvalue weighted by Gasteiger charge is 2.42. The van der Waals surface area contributed by atoms with Crippen LogP contribution in [0.2, 0.25) is 0 Å². The van der Waals surface area contributed by atoms with Gasteiger partial charge in [-0.3, -0.25) is 0 Å². The Kier molecular flexibility index (Phi) is 5.33. The summed E-state index contributed by atoms with van der Waals surface area (Å²) >= 11 is 0. The molecule has 3 aromatic rings. The summed E-state index contributed by atoms with van der Waals surface area (Å²) in [6, 6.07) is 9.91. The van der Waals surface area contributed by atoms with Crippen molar-refractivity contribution in [3.63, 3.8) is 0 Å². The summed E-state index contributed by atoms with van der Waals surface area (Å²) in [6.45, 7) is 7.93. The molecule has 32 heavy (non-hydrogen) atoms. The third-order valence-electron chi connectivity index (χ3n) is 6.23. The van der Waals surface area contributed by atoms with Gasteiger partial charge in [-0.15, -0.1) is 0 Å². The fraction of sp³-hybridized carbons (Fsp3) is 0.360. The van der Waals surface area contributed by atoms with Crippen molar-refractivity contribution in [1.29, 1.82) is 5.26 Å². The molecule has 1 fully saturated rings. The number of nitrogens with zero attached hydrogens (tertiary/aromatic N) is 4. The first-order valence-electron chi connectivity index (χ1n) is 10.4. The highest BCUT2D eigenvalue weighted by atomic mass is 19.1. The molecule has 2 unspecified atom stereocenters. The predicted molar refractivity (Wildman–Crippen MR) is 122 cm³/mol. The molecule has 0 radical (unpaired) electrons. The molecule has 2 aromatic heterocycles. The van der Waals surface area contributed by atoms with Gasteiger partial charge in [-0.2, -0.15) is 10.4 Å². The molecule has 1 aliphatic rings. The fourth-order valence-corrected chi connectivity index (χ4v) is 3.92. The van der Waals surface area contributed by atoms with Crippen LogP contribution < -0.4 is 9.47 Å². The number of benzene rings is 1. The van der Waals surface area contributed by atoms with E-state index in [-0.39, 0.29) is 6.04 Å². The number of hydrogen-bond donors (Lipinski definition) is 0. The highest BCUT2D eigenvalue weighted by molar-refractivity contribution is 5.85. The van der Waals surface area contributed by atoms with E-state index in [1.807, 2.05) is 56.3 Å². The van der Waals surface area contributed by atoms with Gasteiger partial charge in [0, 0.05) is 30.9 Å². The van der Waals surface area contributed by atoms with Crippen LogP contribution in [0.4, 0.5) is 4.39 Å². The summed E-state index contributed by atoms with van der Waals surface area (Å²) in [6.07, 6.45) is 3.34. The monoisotopic (exact) mass is 434 g/mol. The summed E-state index contributed by atoms with van der Waals surface area (Å²) in [5.41, 5.74) is 4.30. The van der Waals surface area contributed by atoms with Gasteiger partial charge in [0.1, 0.15) is 17.7 Å². The maximum absolute atomic E-state index is 13.6. The lowest BCUT2D eigenvalue weighted by Gasteiger charge is -2.25. The molecule has 1 aliphatic carbocycles. The number of hydrogen-bond acceptors (Lipinski definition) is 5. The molecule has 0 spiro atoms. The van der Waals surface area contributed by atoms with Gasteiger partial charge in [0.2, 0.25) is 0 Å². The SMILES string of the molecule is C=C(c1c(OC)cc(-c2cnn3cc(C(C)(C)C#N)ccc23)cc1OC)N(C)C1CC1F. The Morgan fingerprint density at radius 3 is 2.44 bits per heavy atom. The van der Waals surface area contributed by atoms with Gasteiger partial charge < -0.3 is 14.4 Å². The zero-order valence-electron chi connectivity index (χ0n) is 19.0. The molecule has 1 aromatic carbocycles. The van der Waals surface area contributed by atoms with Crippen LogP contribution in [0.1, 0.15) is 31.4 Å². The molecule has 0 saturated heterocycles. The van der Waals surface area contributed by atoms with Crippen LogP contribution in [0.25, 0.3) is 22.3 Å². The zero-order valence-corrected chi connectivity index (χ0v) is 19.0. The van der Waals surface area contributed by atoms with Crippen molar-refractivity contribution >= 4 is 11.2 Å². The molecule has 1 saturated carbocycles. The summed E-state index contributed by atoms with van der Waals surface area (Å²) in [7, 11) is 5.03. The van der Waals surface area contributed by atoms with E-state index in [4.69, 9.17) is 9.47 Å². The van der Waals surface area contributed by atoms with Gasteiger partial charge in [0.15, 0.2) is 0 Å². The Labute approximate surface area is 187 Å². The molecule has 0 amide bonds. The van der Waals surface area contributed by atoms with Crippen LogP contribution in [-0.2, 0) is 5.41 Å². The lowest BCUT2D eigenvalue weighted by atomic mass is 9.87. The second kappa shape index (κ2) is 7.86. The number of halogens is 1. The first kappa shape index (κ1) is 21.7. The van der Waals surface area contributed by atoms with Gasteiger partial charge in [-0.05, 0) is 43.2 Å². The summed E-state index contributed by atoms with van der Waals surface area (Å²) in [5.74, 6) is 1.18. The lowest BCUT2D eigenvalue weighted by molar-refractivity contribution is 0.366. The van der Waals surface area contributed by atoms with Crippen molar-refractivity contribution < 1.29 is 13.9 Å². The van der Waals surface area contributed by atoms with E-state index in [2.05, 4.69) is 17.7 Å². The minimum atomic E-state index is -0.831. The summed E-state index contributed by atoms with van der Waals surface area (Å²) in [4.78, 5) is 1.85. The Hall–Kier alpha value is -3.53. The van der Waals surface area contributed by atoms with Crippen LogP contribution >= 0.6 is 0 Å². The van der Waals surface area contributed by atoms with Gasteiger partial charge >= 0.3 is 0 Å². The Balaban J connectivity index is 1.79. The van der Waals surface area contributed by atoms with Gasteiger partial charge in [-0.25, -0.2) is 8.91 Å². The number of alkyl halides is 1. The number of methoxy groups -OCH3 is 2. The number of pyridine rings is 1. The van der Waals surface area contributed by atoms with Gasteiger partial charge in [-0.1, -0.05) is 12.6 Å². The van der Waals surface area contributed by atoms with Crippen molar-refractivity contribution in [3.8, 4) is 28.7 Å². The molecular formula is C25H27FN4O2. The number of rotatable bonds is 7. The second-order valence-electron chi connectivity index (χ2n) is 8.68. The topological polar surface area (TPSA) is 62.8 Å². The van der Waals surface area contributed by atoms with Gasteiger partial charge in [0.25, 0.3) is 0 Å². The first-order chi connectivity index (χ1) is 15.2. The average Bonchev–Trinajstić information content (AvgIpc) is 3.38. The normalized spacial score (nSPS) is 17.7. The number of fused-ring (bicyclic) bond motifs is 1. The second-order valence-corrected chi connectivity index (χ2v) is 8.68. The van der Waals surface area contributed by atoms with Crippen molar-refractivity contribution in [2.24, 2.45) is 0 Å².